The fourth-order valence-electron chi connectivity index (χ4n) is 2.48. The van der Waals surface area contributed by atoms with Crippen LogP contribution in [0.2, 0.25) is 0 Å². The quantitative estimate of drug-likeness (QED) is 0.247. The van der Waals surface area contributed by atoms with Gasteiger partial charge in [-0.3, -0.25) is 4.99 Å². The number of ether oxygens (including phenoxy) is 3. The van der Waals surface area contributed by atoms with Gasteiger partial charge in [0.25, 0.3) is 0 Å². The molecule has 0 aliphatic rings. The zero-order valence-electron chi connectivity index (χ0n) is 16.0. The Morgan fingerprint density at radius 1 is 0.963 bits per heavy atom. The topological polar surface area (TPSA) is 64.1 Å². The van der Waals surface area contributed by atoms with E-state index in [0.29, 0.717) is 18.9 Å². The molecule has 0 atom stereocenters. The van der Waals surface area contributed by atoms with Gasteiger partial charge < -0.3 is 24.8 Å². The van der Waals surface area contributed by atoms with Crippen LogP contribution < -0.4 is 24.8 Å². The van der Waals surface area contributed by atoms with Crippen molar-refractivity contribution in [2.75, 3.05) is 34.4 Å². The summed E-state index contributed by atoms with van der Waals surface area (Å²) in [6.07, 6.45) is 0.873. The number of aliphatic imine (C=N–C) groups is 1. The predicted octanol–water partition coefficient (Wildman–Crippen LogP) is 3.46. The van der Waals surface area contributed by atoms with E-state index in [2.05, 4.69) is 15.6 Å². The van der Waals surface area contributed by atoms with Crippen LogP contribution in [0.5, 0.6) is 17.2 Å². The first-order chi connectivity index (χ1) is 12.8. The standard InChI is InChI=1S/C20H27N3O3.HI/c1-21-20(22-13-8-14-26-17-10-5-4-6-11-17)23-15-16-9-7-12-18(24-2)19(16)25-3;/h4-7,9-12H,8,13-15H2,1-3H3,(H2,21,22,23);1H. The Morgan fingerprint density at radius 3 is 2.41 bits per heavy atom. The molecule has 0 unspecified atom stereocenters. The molecule has 2 rings (SSSR count). The average Bonchev–Trinajstić information content (AvgIpc) is 2.70. The Labute approximate surface area is 178 Å². The summed E-state index contributed by atoms with van der Waals surface area (Å²) in [7, 11) is 5.02. The fraction of sp³-hybridized carbons (Fsp3) is 0.350. The zero-order chi connectivity index (χ0) is 18.6. The highest BCUT2D eigenvalue weighted by atomic mass is 127. The predicted molar refractivity (Wildman–Crippen MR) is 120 cm³/mol. The molecule has 0 aliphatic carbocycles. The summed E-state index contributed by atoms with van der Waals surface area (Å²) >= 11 is 0. The molecule has 2 N–H and O–H groups in total. The van der Waals surface area contributed by atoms with E-state index in [4.69, 9.17) is 14.2 Å². The van der Waals surface area contributed by atoms with Crippen LogP contribution in [0.4, 0.5) is 0 Å². The summed E-state index contributed by atoms with van der Waals surface area (Å²) in [5, 5.41) is 6.56. The third kappa shape index (κ3) is 7.54. The summed E-state index contributed by atoms with van der Waals surface area (Å²) in [6.45, 7) is 2.00. The molecule has 7 heteroatoms. The van der Waals surface area contributed by atoms with Crippen molar-refractivity contribution in [3.8, 4) is 17.2 Å². The number of hydrogen-bond acceptors (Lipinski definition) is 4. The first-order valence-corrected chi connectivity index (χ1v) is 8.60. The summed E-state index contributed by atoms with van der Waals surface area (Å²) in [6, 6.07) is 15.6. The number of methoxy groups -OCH3 is 2. The van der Waals surface area contributed by atoms with E-state index in [1.165, 1.54) is 0 Å². The highest BCUT2D eigenvalue weighted by Gasteiger charge is 2.09. The Morgan fingerprint density at radius 2 is 1.74 bits per heavy atom. The van der Waals surface area contributed by atoms with Crippen LogP contribution in [-0.2, 0) is 6.54 Å². The lowest BCUT2D eigenvalue weighted by molar-refractivity contribution is 0.311. The molecule has 0 radical (unpaired) electrons. The Kier molecular flexibility index (Phi) is 11.1. The minimum Gasteiger partial charge on any atom is -0.494 e. The number of nitrogens with one attached hydrogen (secondary N) is 2. The second kappa shape index (κ2) is 13.1. The third-order valence-electron chi connectivity index (χ3n) is 3.78. The van der Waals surface area contributed by atoms with Gasteiger partial charge >= 0.3 is 0 Å². The van der Waals surface area contributed by atoms with Crippen molar-refractivity contribution in [1.29, 1.82) is 0 Å². The molecule has 0 fully saturated rings. The number of nitrogens with zero attached hydrogens (tertiary/aromatic N) is 1. The first-order valence-electron chi connectivity index (χ1n) is 8.60. The number of para-hydroxylation sites is 2. The molecule has 0 aliphatic heterocycles. The molecule has 2 aromatic carbocycles. The molecule has 0 aromatic heterocycles. The average molecular weight is 485 g/mol. The fourth-order valence-corrected chi connectivity index (χ4v) is 2.48. The molecular formula is C20H28IN3O3. The monoisotopic (exact) mass is 485 g/mol. The molecule has 2 aromatic rings. The van der Waals surface area contributed by atoms with Crippen LogP contribution in [0, 0.1) is 0 Å². The van der Waals surface area contributed by atoms with Gasteiger partial charge in [0.1, 0.15) is 5.75 Å². The van der Waals surface area contributed by atoms with Gasteiger partial charge in [0.2, 0.25) is 0 Å². The first kappa shape index (κ1) is 22.9. The third-order valence-corrected chi connectivity index (χ3v) is 3.78. The summed E-state index contributed by atoms with van der Waals surface area (Å²) in [5.74, 6) is 3.07. The lowest BCUT2D eigenvalue weighted by atomic mass is 10.2. The molecule has 0 heterocycles. The van der Waals surface area contributed by atoms with Gasteiger partial charge in [-0.15, -0.1) is 24.0 Å². The molecule has 0 amide bonds. The SMILES string of the molecule is CN=C(NCCCOc1ccccc1)NCc1cccc(OC)c1OC.I. The van der Waals surface area contributed by atoms with Crippen molar-refractivity contribution in [1.82, 2.24) is 10.6 Å². The molecule has 6 nitrogen and oxygen atoms in total. The van der Waals surface area contributed by atoms with Crippen molar-refractivity contribution >= 4 is 29.9 Å². The van der Waals surface area contributed by atoms with Crippen LogP contribution in [0.3, 0.4) is 0 Å². The van der Waals surface area contributed by atoms with Crippen molar-refractivity contribution in [3.05, 3.63) is 54.1 Å². The van der Waals surface area contributed by atoms with Gasteiger partial charge in [0.05, 0.1) is 20.8 Å². The molecular weight excluding hydrogens is 457 g/mol. The van der Waals surface area contributed by atoms with E-state index in [1.54, 1.807) is 21.3 Å². The highest BCUT2D eigenvalue weighted by molar-refractivity contribution is 14.0. The van der Waals surface area contributed by atoms with Crippen LogP contribution in [0.15, 0.2) is 53.5 Å². The van der Waals surface area contributed by atoms with E-state index in [1.807, 2.05) is 48.5 Å². The van der Waals surface area contributed by atoms with Gasteiger partial charge in [-0.2, -0.15) is 0 Å². The zero-order valence-corrected chi connectivity index (χ0v) is 18.4. The van der Waals surface area contributed by atoms with Gasteiger partial charge in [0.15, 0.2) is 17.5 Å². The van der Waals surface area contributed by atoms with Crippen LogP contribution in [0.25, 0.3) is 0 Å². The Bertz CT molecular complexity index is 696. The van der Waals surface area contributed by atoms with Crippen molar-refractivity contribution in [3.63, 3.8) is 0 Å². The van der Waals surface area contributed by atoms with E-state index in [9.17, 15) is 0 Å². The molecule has 0 saturated heterocycles. The molecule has 0 spiro atoms. The number of hydrogen-bond donors (Lipinski definition) is 2. The normalized spacial score (nSPS) is 10.6. The maximum Gasteiger partial charge on any atom is 0.191 e. The molecule has 27 heavy (non-hydrogen) atoms. The van der Waals surface area contributed by atoms with Crippen molar-refractivity contribution in [2.45, 2.75) is 13.0 Å². The summed E-state index contributed by atoms with van der Waals surface area (Å²) in [5.41, 5.74) is 1.00. The largest absolute Gasteiger partial charge is 0.494 e. The maximum absolute atomic E-state index is 5.68. The number of guanidine groups is 1. The highest BCUT2D eigenvalue weighted by Crippen LogP contribution is 2.30. The van der Waals surface area contributed by atoms with Crippen molar-refractivity contribution < 1.29 is 14.2 Å². The van der Waals surface area contributed by atoms with E-state index < -0.39 is 0 Å². The van der Waals surface area contributed by atoms with Crippen LogP contribution >= 0.6 is 24.0 Å². The van der Waals surface area contributed by atoms with Crippen molar-refractivity contribution in [2.24, 2.45) is 4.99 Å². The van der Waals surface area contributed by atoms with E-state index >= 15 is 0 Å². The maximum atomic E-state index is 5.68. The Balaban J connectivity index is 0.00000364. The Hall–Kier alpha value is -2.16. The van der Waals surface area contributed by atoms with Gasteiger partial charge in [-0.05, 0) is 24.6 Å². The van der Waals surface area contributed by atoms with Crippen LogP contribution in [-0.4, -0.2) is 40.4 Å². The van der Waals surface area contributed by atoms with E-state index in [0.717, 1.165) is 36.0 Å². The smallest absolute Gasteiger partial charge is 0.191 e. The summed E-state index contributed by atoms with van der Waals surface area (Å²) in [4.78, 5) is 4.24. The lowest BCUT2D eigenvalue weighted by Gasteiger charge is -2.15. The second-order valence-corrected chi connectivity index (χ2v) is 5.52. The summed E-state index contributed by atoms with van der Waals surface area (Å²) < 4.78 is 16.4. The number of benzene rings is 2. The van der Waals surface area contributed by atoms with Crippen LogP contribution in [0.1, 0.15) is 12.0 Å². The van der Waals surface area contributed by atoms with E-state index in [-0.39, 0.29) is 24.0 Å². The lowest BCUT2D eigenvalue weighted by Crippen LogP contribution is -2.37. The number of halogens is 1. The molecule has 148 valence electrons. The molecule has 0 saturated carbocycles. The van der Waals surface area contributed by atoms with Gasteiger partial charge in [-0.1, -0.05) is 30.3 Å². The van der Waals surface area contributed by atoms with Gasteiger partial charge in [-0.25, -0.2) is 0 Å². The van der Waals surface area contributed by atoms with Gasteiger partial charge in [0, 0.05) is 25.7 Å². The molecule has 0 bridgehead atoms. The second-order valence-electron chi connectivity index (χ2n) is 5.52. The minimum absolute atomic E-state index is 0. The minimum atomic E-state index is 0. The number of rotatable bonds is 9.